The lowest BCUT2D eigenvalue weighted by molar-refractivity contribution is 0.0226. The van der Waals surface area contributed by atoms with E-state index in [4.69, 9.17) is 0 Å². The van der Waals surface area contributed by atoms with Crippen LogP contribution < -0.4 is 0 Å². The summed E-state index contributed by atoms with van der Waals surface area (Å²) in [4.78, 5) is 14.0. The molecule has 3 nitrogen and oxygen atoms in total. The number of benzene rings is 1. The van der Waals surface area contributed by atoms with E-state index in [0.29, 0.717) is 25.1 Å². The van der Waals surface area contributed by atoms with E-state index in [1.165, 1.54) is 6.07 Å². The number of aliphatic hydroxyl groups excluding tert-OH is 1. The smallest absolute Gasteiger partial charge is 0.256 e. The molecule has 1 N–H and O–H groups in total. The van der Waals surface area contributed by atoms with Crippen molar-refractivity contribution >= 4 is 5.91 Å². The highest BCUT2D eigenvalue weighted by atomic mass is 19.1. The Morgan fingerprint density at radius 2 is 2.26 bits per heavy atom. The highest BCUT2D eigenvalue weighted by Gasteiger charge is 2.30. The minimum absolute atomic E-state index is 0.0885. The van der Waals surface area contributed by atoms with Crippen molar-refractivity contribution in [1.82, 2.24) is 4.90 Å². The maximum Gasteiger partial charge on any atom is 0.256 e. The Hall–Kier alpha value is -1.42. The van der Waals surface area contributed by atoms with Gasteiger partial charge in [0.1, 0.15) is 5.82 Å². The lowest BCUT2D eigenvalue weighted by Crippen LogP contribution is -2.46. The number of nitrogens with zero attached hydrogens (tertiary/aromatic N) is 1. The Balaban J connectivity index is 2.18. The van der Waals surface area contributed by atoms with Gasteiger partial charge in [0, 0.05) is 19.0 Å². The van der Waals surface area contributed by atoms with Gasteiger partial charge in [-0.25, -0.2) is 4.39 Å². The number of likely N-dealkylation sites (tertiary alicyclic amines) is 1. The Kier molecular flexibility index (Phi) is 4.20. The number of carbonyl (C=O) groups is 1. The molecule has 0 bridgehead atoms. The van der Waals surface area contributed by atoms with Gasteiger partial charge in [0.05, 0.1) is 11.7 Å². The summed E-state index contributed by atoms with van der Waals surface area (Å²) in [6, 6.07) is 4.87. The average Bonchev–Trinajstić information content (AvgIpc) is 2.41. The van der Waals surface area contributed by atoms with E-state index in [-0.39, 0.29) is 23.5 Å². The van der Waals surface area contributed by atoms with Gasteiger partial charge in [0.2, 0.25) is 0 Å². The van der Waals surface area contributed by atoms with Crippen molar-refractivity contribution in [1.29, 1.82) is 0 Å². The summed E-state index contributed by atoms with van der Waals surface area (Å²) in [5.74, 6) is -0.621. The monoisotopic (exact) mass is 265 g/mol. The Morgan fingerprint density at radius 3 is 2.95 bits per heavy atom. The molecule has 4 heteroatoms. The molecule has 1 heterocycles. The molecule has 0 aliphatic carbocycles. The molecule has 1 saturated heterocycles. The number of halogens is 1. The maximum absolute atomic E-state index is 14.0. The zero-order valence-electron chi connectivity index (χ0n) is 11.4. The van der Waals surface area contributed by atoms with E-state index in [1.54, 1.807) is 24.0 Å². The molecular formula is C15H20FNO2. The first-order chi connectivity index (χ1) is 9.04. The zero-order chi connectivity index (χ0) is 14.0. The lowest BCUT2D eigenvalue weighted by atomic mass is 9.92. The van der Waals surface area contributed by atoms with Gasteiger partial charge < -0.3 is 10.0 Å². The van der Waals surface area contributed by atoms with Gasteiger partial charge >= 0.3 is 0 Å². The predicted octanol–water partition coefficient (Wildman–Crippen LogP) is 2.37. The summed E-state index contributed by atoms with van der Waals surface area (Å²) in [5, 5.41) is 9.83. The topological polar surface area (TPSA) is 40.5 Å². The van der Waals surface area contributed by atoms with Crippen LogP contribution in [0.1, 0.15) is 35.7 Å². The summed E-state index contributed by atoms with van der Waals surface area (Å²) in [6.07, 6.45) is 1.04. The fourth-order valence-electron chi connectivity index (χ4n) is 2.59. The van der Waals surface area contributed by atoms with Crippen molar-refractivity contribution < 1.29 is 14.3 Å². The molecule has 104 valence electrons. The van der Waals surface area contributed by atoms with Crippen molar-refractivity contribution in [2.24, 2.45) is 5.92 Å². The number of piperidine rings is 1. The normalized spacial score (nSPS) is 23.5. The minimum Gasteiger partial charge on any atom is -0.393 e. The van der Waals surface area contributed by atoms with Crippen LogP contribution in [-0.2, 0) is 0 Å². The molecular weight excluding hydrogens is 245 g/mol. The molecule has 0 radical (unpaired) electrons. The van der Waals surface area contributed by atoms with Crippen LogP contribution in [0, 0.1) is 18.7 Å². The molecule has 2 atom stereocenters. The Morgan fingerprint density at radius 1 is 1.53 bits per heavy atom. The van der Waals surface area contributed by atoms with Gasteiger partial charge in [-0.2, -0.15) is 0 Å². The first-order valence-electron chi connectivity index (χ1n) is 6.77. The number of hydrogen-bond acceptors (Lipinski definition) is 2. The summed E-state index contributed by atoms with van der Waals surface area (Å²) < 4.78 is 14.0. The number of amides is 1. The second-order valence-electron chi connectivity index (χ2n) is 5.21. The molecule has 1 aromatic rings. The van der Waals surface area contributed by atoms with E-state index in [1.807, 2.05) is 6.92 Å². The number of rotatable bonds is 2. The number of aryl methyl sites for hydroxylation is 1. The molecule has 1 aromatic carbocycles. The van der Waals surface area contributed by atoms with Gasteiger partial charge in [-0.3, -0.25) is 4.79 Å². The van der Waals surface area contributed by atoms with Crippen molar-refractivity contribution in [2.45, 2.75) is 32.8 Å². The van der Waals surface area contributed by atoms with Crippen LogP contribution in [0.15, 0.2) is 18.2 Å². The van der Waals surface area contributed by atoms with Crippen LogP contribution in [0.3, 0.4) is 0 Å². The highest BCUT2D eigenvalue weighted by Crippen LogP contribution is 2.23. The van der Waals surface area contributed by atoms with Gasteiger partial charge in [-0.15, -0.1) is 0 Å². The second kappa shape index (κ2) is 5.70. The Labute approximate surface area is 113 Å². The number of carbonyl (C=O) groups excluding carboxylic acids is 1. The minimum atomic E-state index is -0.438. The SMILES string of the molecule is CCC1CN(C(=O)c2cccc(C)c2F)CCC1O. The molecule has 1 aliphatic heterocycles. The third kappa shape index (κ3) is 2.78. The van der Waals surface area contributed by atoms with E-state index < -0.39 is 5.82 Å². The molecule has 1 amide bonds. The molecule has 19 heavy (non-hydrogen) atoms. The van der Waals surface area contributed by atoms with Crippen molar-refractivity contribution in [3.63, 3.8) is 0 Å². The average molecular weight is 265 g/mol. The molecule has 1 aliphatic rings. The van der Waals surface area contributed by atoms with Crippen LogP contribution in [0.4, 0.5) is 4.39 Å². The molecule has 0 aromatic heterocycles. The fourth-order valence-corrected chi connectivity index (χ4v) is 2.59. The third-order valence-corrected chi connectivity index (χ3v) is 3.93. The van der Waals surface area contributed by atoms with Crippen LogP contribution in [0.5, 0.6) is 0 Å². The first kappa shape index (κ1) is 14.0. The second-order valence-corrected chi connectivity index (χ2v) is 5.21. The zero-order valence-corrected chi connectivity index (χ0v) is 11.4. The standard InChI is InChI=1S/C15H20FNO2/c1-3-11-9-17(8-7-13(11)18)15(19)12-6-4-5-10(2)14(12)16/h4-6,11,13,18H,3,7-9H2,1-2H3. The van der Waals surface area contributed by atoms with Crippen molar-refractivity contribution in [3.8, 4) is 0 Å². The van der Waals surface area contributed by atoms with Gasteiger partial charge in [-0.05, 0) is 31.4 Å². The summed E-state index contributed by atoms with van der Waals surface area (Å²) >= 11 is 0. The number of hydrogen-bond donors (Lipinski definition) is 1. The van der Waals surface area contributed by atoms with E-state index in [9.17, 15) is 14.3 Å². The largest absolute Gasteiger partial charge is 0.393 e. The molecule has 0 saturated carbocycles. The maximum atomic E-state index is 14.0. The van der Waals surface area contributed by atoms with Gasteiger partial charge in [0.25, 0.3) is 5.91 Å². The fraction of sp³-hybridized carbons (Fsp3) is 0.533. The highest BCUT2D eigenvalue weighted by molar-refractivity contribution is 5.94. The molecule has 2 rings (SSSR count). The van der Waals surface area contributed by atoms with Crippen LogP contribution in [-0.4, -0.2) is 35.1 Å². The summed E-state index contributed by atoms with van der Waals surface area (Å²) in [5.41, 5.74) is 0.612. The third-order valence-electron chi connectivity index (χ3n) is 3.93. The van der Waals surface area contributed by atoms with Gasteiger partial charge in [-0.1, -0.05) is 19.1 Å². The molecule has 1 fully saturated rings. The summed E-state index contributed by atoms with van der Waals surface area (Å²) in [7, 11) is 0. The quantitative estimate of drug-likeness (QED) is 0.891. The van der Waals surface area contributed by atoms with Crippen LogP contribution >= 0.6 is 0 Å². The van der Waals surface area contributed by atoms with Crippen molar-refractivity contribution in [3.05, 3.63) is 35.1 Å². The van der Waals surface area contributed by atoms with E-state index >= 15 is 0 Å². The van der Waals surface area contributed by atoms with Crippen molar-refractivity contribution in [2.75, 3.05) is 13.1 Å². The number of aliphatic hydroxyl groups is 1. The van der Waals surface area contributed by atoms with Crippen LogP contribution in [0.25, 0.3) is 0 Å². The predicted molar refractivity (Wildman–Crippen MR) is 71.4 cm³/mol. The Bertz CT molecular complexity index is 475. The first-order valence-corrected chi connectivity index (χ1v) is 6.77. The van der Waals surface area contributed by atoms with E-state index in [2.05, 4.69) is 0 Å². The summed E-state index contributed by atoms with van der Waals surface area (Å²) in [6.45, 7) is 4.64. The lowest BCUT2D eigenvalue weighted by Gasteiger charge is -2.35. The molecule has 2 unspecified atom stereocenters. The van der Waals surface area contributed by atoms with Crippen LogP contribution in [0.2, 0.25) is 0 Å². The van der Waals surface area contributed by atoms with Gasteiger partial charge in [0.15, 0.2) is 0 Å². The van der Waals surface area contributed by atoms with E-state index in [0.717, 1.165) is 6.42 Å². The molecule has 0 spiro atoms.